The Morgan fingerprint density at radius 2 is 2.20 bits per heavy atom. The van der Waals surface area contributed by atoms with Crippen LogP contribution >= 0.6 is 11.3 Å². The van der Waals surface area contributed by atoms with Gasteiger partial charge in [0.25, 0.3) is 5.91 Å². The van der Waals surface area contributed by atoms with E-state index >= 15 is 0 Å². The van der Waals surface area contributed by atoms with E-state index in [0.29, 0.717) is 12.1 Å². The molecular formula is C19H17N3O2S. The average Bonchev–Trinajstić information content (AvgIpc) is 3.27. The third-order valence-corrected chi connectivity index (χ3v) is 5.06. The number of hydrogen-bond acceptors (Lipinski definition) is 4. The molecule has 0 aliphatic carbocycles. The second-order valence-corrected chi connectivity index (χ2v) is 6.65. The molecule has 0 unspecified atom stereocenters. The van der Waals surface area contributed by atoms with Gasteiger partial charge in [-0.05, 0) is 48.4 Å². The Hall–Kier alpha value is -2.86. The van der Waals surface area contributed by atoms with Crippen LogP contribution in [0.2, 0.25) is 0 Å². The average molecular weight is 351 g/mol. The van der Waals surface area contributed by atoms with Gasteiger partial charge in [-0.3, -0.25) is 4.79 Å². The Balaban J connectivity index is 1.44. The van der Waals surface area contributed by atoms with Gasteiger partial charge in [-0.25, -0.2) is 4.98 Å². The minimum atomic E-state index is -0.0766. The fourth-order valence-corrected chi connectivity index (χ4v) is 3.56. The number of benzene rings is 2. The summed E-state index contributed by atoms with van der Waals surface area (Å²) in [5.74, 6) is 0.751. The predicted octanol–water partition coefficient (Wildman–Crippen LogP) is 3.76. The van der Waals surface area contributed by atoms with Crippen LogP contribution in [0.15, 0.2) is 48.1 Å². The second kappa shape index (κ2) is 6.57. The van der Waals surface area contributed by atoms with Crippen molar-refractivity contribution in [3.63, 3.8) is 0 Å². The van der Waals surface area contributed by atoms with Gasteiger partial charge in [0.05, 0.1) is 22.8 Å². The zero-order chi connectivity index (χ0) is 17.2. The maximum atomic E-state index is 12.3. The highest BCUT2D eigenvalue weighted by molar-refractivity contribution is 7.16. The molecule has 2 aromatic carbocycles. The zero-order valence-electron chi connectivity index (χ0n) is 13.7. The van der Waals surface area contributed by atoms with Gasteiger partial charge < -0.3 is 15.0 Å². The van der Waals surface area contributed by atoms with Crippen molar-refractivity contribution in [2.45, 2.75) is 6.42 Å². The topological polar surface area (TPSA) is 67.0 Å². The first-order valence-electron chi connectivity index (χ1n) is 8.00. The highest BCUT2D eigenvalue weighted by Gasteiger charge is 2.09. The molecule has 2 heterocycles. The summed E-state index contributed by atoms with van der Waals surface area (Å²) in [5, 5.41) is 4.10. The maximum absolute atomic E-state index is 12.3. The van der Waals surface area contributed by atoms with Crippen LogP contribution in [-0.2, 0) is 6.42 Å². The molecule has 0 spiro atoms. The van der Waals surface area contributed by atoms with Crippen molar-refractivity contribution in [2.24, 2.45) is 0 Å². The number of aromatic amines is 1. The van der Waals surface area contributed by atoms with Crippen LogP contribution in [0.25, 0.3) is 21.1 Å². The highest BCUT2D eigenvalue weighted by Crippen LogP contribution is 2.24. The van der Waals surface area contributed by atoms with Gasteiger partial charge in [0.15, 0.2) is 0 Å². The van der Waals surface area contributed by atoms with Crippen LogP contribution in [0.4, 0.5) is 0 Å². The lowest BCUT2D eigenvalue weighted by Gasteiger charge is -2.05. The molecule has 1 amide bonds. The van der Waals surface area contributed by atoms with Gasteiger partial charge in [-0.1, -0.05) is 0 Å². The van der Waals surface area contributed by atoms with Gasteiger partial charge in [0, 0.05) is 29.2 Å². The van der Waals surface area contributed by atoms with Crippen LogP contribution in [0.3, 0.4) is 0 Å². The molecule has 0 bridgehead atoms. The number of amides is 1. The number of aromatic nitrogens is 2. The molecule has 25 heavy (non-hydrogen) atoms. The first-order valence-corrected chi connectivity index (χ1v) is 8.88. The summed E-state index contributed by atoms with van der Waals surface area (Å²) in [4.78, 5) is 19.8. The molecule has 0 fully saturated rings. The molecule has 126 valence electrons. The third-order valence-electron chi connectivity index (χ3n) is 4.25. The van der Waals surface area contributed by atoms with Crippen molar-refractivity contribution in [1.29, 1.82) is 0 Å². The number of H-pyrrole nitrogens is 1. The first-order chi connectivity index (χ1) is 12.2. The van der Waals surface area contributed by atoms with E-state index < -0.39 is 0 Å². The fourth-order valence-electron chi connectivity index (χ4n) is 2.90. The summed E-state index contributed by atoms with van der Waals surface area (Å²) < 4.78 is 6.37. The fraction of sp³-hybridized carbons (Fsp3) is 0.158. The molecule has 4 aromatic rings. The summed E-state index contributed by atoms with van der Waals surface area (Å²) in [7, 11) is 1.66. The van der Waals surface area contributed by atoms with Crippen molar-refractivity contribution in [1.82, 2.24) is 15.3 Å². The monoisotopic (exact) mass is 351 g/mol. The number of fused-ring (bicyclic) bond motifs is 2. The van der Waals surface area contributed by atoms with Crippen molar-refractivity contribution < 1.29 is 9.53 Å². The van der Waals surface area contributed by atoms with Gasteiger partial charge >= 0.3 is 0 Å². The number of methoxy groups -OCH3 is 1. The molecule has 0 radical (unpaired) electrons. The molecule has 0 atom stereocenters. The number of nitrogens with zero attached hydrogens (tertiary/aromatic N) is 1. The van der Waals surface area contributed by atoms with Crippen molar-refractivity contribution >= 4 is 38.4 Å². The lowest BCUT2D eigenvalue weighted by Crippen LogP contribution is -2.25. The second-order valence-electron chi connectivity index (χ2n) is 5.77. The number of nitrogens with one attached hydrogen (secondary N) is 2. The maximum Gasteiger partial charge on any atom is 0.251 e. The number of ether oxygens (including phenoxy) is 1. The SMILES string of the molecule is COc1ccc2[nH]cc(CCNC(=O)c3ccc4scnc4c3)c2c1. The van der Waals surface area contributed by atoms with E-state index in [1.165, 1.54) is 0 Å². The number of rotatable bonds is 5. The Kier molecular flexibility index (Phi) is 4.11. The van der Waals surface area contributed by atoms with Crippen LogP contribution in [0.5, 0.6) is 5.75 Å². The van der Waals surface area contributed by atoms with Gasteiger partial charge in [0.1, 0.15) is 5.75 Å². The van der Waals surface area contributed by atoms with Crippen LogP contribution in [-0.4, -0.2) is 29.5 Å². The molecule has 6 heteroatoms. The zero-order valence-corrected chi connectivity index (χ0v) is 14.5. The lowest BCUT2D eigenvalue weighted by atomic mass is 10.1. The summed E-state index contributed by atoms with van der Waals surface area (Å²) in [6.07, 6.45) is 2.73. The number of hydrogen-bond donors (Lipinski definition) is 2. The van der Waals surface area contributed by atoms with E-state index in [2.05, 4.69) is 15.3 Å². The molecule has 0 aliphatic heterocycles. The smallest absolute Gasteiger partial charge is 0.251 e. The van der Waals surface area contributed by atoms with Gasteiger partial charge in [-0.15, -0.1) is 11.3 Å². The summed E-state index contributed by atoms with van der Waals surface area (Å²) >= 11 is 1.57. The Bertz CT molecular complexity index is 1050. The number of carbonyl (C=O) groups excluding carboxylic acids is 1. The summed E-state index contributed by atoms with van der Waals surface area (Å²) in [6.45, 7) is 0.568. The molecule has 2 aromatic heterocycles. The molecule has 2 N–H and O–H groups in total. The molecule has 5 nitrogen and oxygen atoms in total. The van der Waals surface area contributed by atoms with E-state index in [9.17, 15) is 4.79 Å². The molecule has 0 saturated heterocycles. The minimum absolute atomic E-state index is 0.0766. The van der Waals surface area contributed by atoms with E-state index in [0.717, 1.165) is 38.9 Å². The third kappa shape index (κ3) is 3.08. The number of thiazole rings is 1. The van der Waals surface area contributed by atoms with E-state index in [1.54, 1.807) is 24.0 Å². The first kappa shape index (κ1) is 15.7. The summed E-state index contributed by atoms with van der Waals surface area (Å²) in [5.41, 5.74) is 5.51. The van der Waals surface area contributed by atoms with Crippen LogP contribution in [0, 0.1) is 0 Å². The van der Waals surface area contributed by atoms with Crippen LogP contribution in [0.1, 0.15) is 15.9 Å². The highest BCUT2D eigenvalue weighted by atomic mass is 32.1. The van der Waals surface area contributed by atoms with Gasteiger partial charge in [-0.2, -0.15) is 0 Å². The van der Waals surface area contributed by atoms with Crippen molar-refractivity contribution in [2.75, 3.05) is 13.7 Å². The Morgan fingerprint density at radius 3 is 3.08 bits per heavy atom. The lowest BCUT2D eigenvalue weighted by molar-refractivity contribution is 0.0954. The summed E-state index contributed by atoms with van der Waals surface area (Å²) in [6, 6.07) is 11.6. The molecule has 4 rings (SSSR count). The van der Waals surface area contributed by atoms with Gasteiger partial charge in [0.2, 0.25) is 0 Å². The van der Waals surface area contributed by atoms with E-state index in [1.807, 2.05) is 42.6 Å². The number of carbonyl (C=O) groups is 1. The molecule has 0 aliphatic rings. The van der Waals surface area contributed by atoms with Crippen molar-refractivity contribution in [3.05, 3.63) is 59.2 Å². The van der Waals surface area contributed by atoms with E-state index in [-0.39, 0.29) is 5.91 Å². The Morgan fingerprint density at radius 1 is 1.28 bits per heavy atom. The molecular weight excluding hydrogens is 334 g/mol. The normalized spacial score (nSPS) is 11.1. The van der Waals surface area contributed by atoms with Crippen molar-refractivity contribution in [3.8, 4) is 5.75 Å². The largest absolute Gasteiger partial charge is 0.497 e. The van der Waals surface area contributed by atoms with Crippen LogP contribution < -0.4 is 10.1 Å². The predicted molar refractivity (Wildman–Crippen MR) is 101 cm³/mol. The quantitative estimate of drug-likeness (QED) is 0.575. The minimum Gasteiger partial charge on any atom is -0.497 e. The Labute approximate surface area is 148 Å². The molecule has 0 saturated carbocycles. The standard InChI is InChI=1S/C19H17N3O2S/c1-24-14-3-4-16-15(9-14)13(10-21-16)6-7-20-19(23)12-2-5-18-17(8-12)22-11-25-18/h2-5,8-11,21H,6-7H2,1H3,(H,20,23). The van der Waals surface area contributed by atoms with E-state index in [4.69, 9.17) is 4.74 Å².